The van der Waals surface area contributed by atoms with Crippen LogP contribution in [0.3, 0.4) is 0 Å². The highest BCUT2D eigenvalue weighted by Crippen LogP contribution is 2.40. The van der Waals surface area contributed by atoms with E-state index in [0.29, 0.717) is 6.07 Å². The molecule has 23 heavy (non-hydrogen) atoms. The Morgan fingerprint density at radius 2 is 2.00 bits per heavy atom. The summed E-state index contributed by atoms with van der Waals surface area (Å²) in [5, 5.41) is 23.0. The third-order valence-corrected chi connectivity index (χ3v) is 4.67. The van der Waals surface area contributed by atoms with Crippen LogP contribution in [-0.4, -0.2) is 41.8 Å². The lowest BCUT2D eigenvalue weighted by Crippen LogP contribution is -2.36. The Bertz CT molecular complexity index is 805. The molecular weight excluding hydrogens is 336 g/mol. The molecule has 124 valence electrons. The van der Waals surface area contributed by atoms with E-state index in [9.17, 15) is 33.4 Å². The van der Waals surface area contributed by atoms with E-state index in [1.165, 1.54) is 6.92 Å². The van der Waals surface area contributed by atoms with Crippen molar-refractivity contribution in [1.82, 2.24) is 4.41 Å². The Morgan fingerprint density at radius 1 is 1.35 bits per heavy atom. The number of hydrogen-bond acceptors (Lipinski definition) is 8. The fourth-order valence-corrected chi connectivity index (χ4v) is 3.22. The lowest BCUT2D eigenvalue weighted by Gasteiger charge is -2.19. The number of sulfonamides is 1. The molecule has 0 saturated carbocycles. The summed E-state index contributed by atoms with van der Waals surface area (Å²) in [6.45, 7) is 0.289. The predicted octanol–water partition coefficient (Wildman–Crippen LogP) is 0.128. The third kappa shape index (κ3) is 2.85. The molecule has 1 aromatic carbocycles. The fraction of sp³-hybridized carbons (Fsp3) is 0.300. The first-order valence-electron chi connectivity index (χ1n) is 6.10. The average molecular weight is 346 g/mol. The maximum atomic E-state index is 12.3. The first-order valence-corrected chi connectivity index (χ1v) is 7.54. The van der Waals surface area contributed by atoms with Crippen LogP contribution in [0.15, 0.2) is 17.0 Å². The van der Waals surface area contributed by atoms with E-state index >= 15 is 0 Å². The monoisotopic (exact) mass is 346 g/mol. The van der Waals surface area contributed by atoms with Gasteiger partial charge >= 0.3 is 15.7 Å². The van der Waals surface area contributed by atoms with Crippen molar-refractivity contribution in [3.63, 3.8) is 0 Å². The van der Waals surface area contributed by atoms with Crippen molar-refractivity contribution in [2.75, 3.05) is 18.5 Å². The van der Waals surface area contributed by atoms with Crippen LogP contribution in [0.25, 0.3) is 0 Å². The molecule has 1 aromatic rings. The molecule has 1 aliphatic rings. The van der Waals surface area contributed by atoms with Crippen molar-refractivity contribution in [2.45, 2.75) is 11.8 Å². The number of benzene rings is 1. The van der Waals surface area contributed by atoms with E-state index in [4.69, 9.17) is 4.74 Å². The maximum absolute atomic E-state index is 12.3. The standard InChI is InChI=1S/C10H10N4O8S/c1-2-12(14(18)19)23(20,21)6-3-7-10(8(4-6)13(16)17)22-5-9(15)11-7/h3-4H,2,5H2,1H3,(H,11,15). The molecule has 12 nitrogen and oxygen atoms in total. The summed E-state index contributed by atoms with van der Waals surface area (Å²) in [6, 6.07) is 1.53. The molecule has 1 N–H and O–H groups in total. The zero-order valence-corrected chi connectivity index (χ0v) is 12.4. The number of nitrogens with one attached hydrogen (secondary N) is 1. The number of hydrazine groups is 1. The summed E-state index contributed by atoms with van der Waals surface area (Å²) in [5.41, 5.74) is -0.964. The van der Waals surface area contributed by atoms with E-state index in [1.807, 2.05) is 0 Å². The average Bonchev–Trinajstić information content (AvgIpc) is 2.45. The smallest absolute Gasteiger partial charge is 0.314 e. The van der Waals surface area contributed by atoms with Gasteiger partial charge in [0.2, 0.25) is 5.75 Å². The molecule has 0 unspecified atom stereocenters. The highest BCUT2D eigenvalue weighted by atomic mass is 32.2. The molecular formula is C10H10N4O8S. The number of fused-ring (bicyclic) bond motifs is 1. The quantitative estimate of drug-likeness (QED) is 0.581. The van der Waals surface area contributed by atoms with E-state index in [1.54, 1.807) is 0 Å². The summed E-state index contributed by atoms with van der Waals surface area (Å²) in [7, 11) is -4.63. The highest BCUT2D eigenvalue weighted by Gasteiger charge is 2.36. The van der Waals surface area contributed by atoms with Crippen molar-refractivity contribution < 1.29 is 27.9 Å². The van der Waals surface area contributed by atoms with Gasteiger partial charge < -0.3 is 10.1 Å². The summed E-state index contributed by atoms with van der Waals surface area (Å²) in [4.78, 5) is 31.6. The van der Waals surface area contributed by atoms with Gasteiger partial charge in [0.1, 0.15) is 4.90 Å². The molecule has 0 bridgehead atoms. The van der Waals surface area contributed by atoms with Gasteiger partial charge in [-0.2, -0.15) is 8.42 Å². The zero-order valence-electron chi connectivity index (χ0n) is 11.6. The van der Waals surface area contributed by atoms with E-state index in [2.05, 4.69) is 5.32 Å². The van der Waals surface area contributed by atoms with Gasteiger partial charge in [0.25, 0.3) is 5.91 Å². The van der Waals surface area contributed by atoms with Crippen LogP contribution in [-0.2, 0) is 14.8 Å². The van der Waals surface area contributed by atoms with E-state index in [0.717, 1.165) is 6.07 Å². The lowest BCUT2D eigenvalue weighted by atomic mass is 10.2. The number of ether oxygens (including phenoxy) is 1. The number of hydrogen-bond donors (Lipinski definition) is 1. The summed E-state index contributed by atoms with van der Waals surface area (Å²) >= 11 is 0. The van der Waals surface area contributed by atoms with Crippen LogP contribution in [0.4, 0.5) is 11.4 Å². The second-order valence-corrected chi connectivity index (χ2v) is 6.14. The van der Waals surface area contributed by atoms with Gasteiger partial charge in [0.15, 0.2) is 11.6 Å². The molecule has 1 amide bonds. The largest absolute Gasteiger partial charge is 0.475 e. The minimum absolute atomic E-state index is 0.0655. The molecule has 0 saturated heterocycles. The van der Waals surface area contributed by atoms with Crippen LogP contribution >= 0.6 is 0 Å². The minimum atomic E-state index is -4.63. The number of carbonyl (C=O) groups excluding carboxylic acids is 1. The number of carbonyl (C=O) groups is 1. The Kier molecular flexibility index (Phi) is 4.05. The van der Waals surface area contributed by atoms with Crippen LogP contribution in [0.5, 0.6) is 5.75 Å². The van der Waals surface area contributed by atoms with E-state index < -0.39 is 49.6 Å². The maximum Gasteiger partial charge on any atom is 0.314 e. The molecule has 0 radical (unpaired) electrons. The number of nitrogens with zero attached hydrogens (tertiary/aromatic N) is 3. The number of nitro groups is 2. The minimum Gasteiger partial charge on any atom is -0.475 e. The van der Waals surface area contributed by atoms with Gasteiger partial charge in [-0.1, -0.05) is 0 Å². The molecule has 2 rings (SSSR count). The first-order chi connectivity index (χ1) is 10.7. The van der Waals surface area contributed by atoms with Gasteiger partial charge in [-0.05, 0) is 17.4 Å². The Balaban J connectivity index is 2.67. The topological polar surface area (TPSA) is 162 Å². The summed E-state index contributed by atoms with van der Waals surface area (Å²) < 4.78 is 29.4. The van der Waals surface area contributed by atoms with Crippen LogP contribution in [0, 0.1) is 20.2 Å². The Labute approximate surface area is 129 Å². The number of amides is 1. The van der Waals surface area contributed by atoms with Gasteiger partial charge in [0.05, 0.1) is 17.2 Å². The molecule has 0 fully saturated rings. The van der Waals surface area contributed by atoms with Crippen LogP contribution in [0.1, 0.15) is 6.92 Å². The second-order valence-electron chi connectivity index (χ2n) is 4.29. The lowest BCUT2D eigenvalue weighted by molar-refractivity contribution is -0.619. The van der Waals surface area contributed by atoms with Gasteiger partial charge in [-0.3, -0.25) is 14.9 Å². The van der Waals surface area contributed by atoms with Gasteiger partial charge in [-0.25, -0.2) is 10.1 Å². The summed E-state index contributed by atoms with van der Waals surface area (Å²) in [6.07, 6.45) is 0. The second kappa shape index (κ2) is 5.68. The molecule has 1 heterocycles. The van der Waals surface area contributed by atoms with Gasteiger partial charge in [-0.15, -0.1) is 0 Å². The van der Waals surface area contributed by atoms with Crippen molar-refractivity contribution in [2.24, 2.45) is 0 Å². The Morgan fingerprint density at radius 3 is 2.52 bits per heavy atom. The fourth-order valence-electron chi connectivity index (χ4n) is 1.94. The molecule has 1 aliphatic heterocycles. The van der Waals surface area contributed by atoms with E-state index in [-0.39, 0.29) is 15.9 Å². The zero-order chi connectivity index (χ0) is 17.4. The summed E-state index contributed by atoms with van der Waals surface area (Å²) in [5.74, 6) is -0.944. The number of rotatable bonds is 5. The molecule has 0 aromatic heterocycles. The highest BCUT2D eigenvalue weighted by molar-refractivity contribution is 7.89. The van der Waals surface area contributed by atoms with Crippen LogP contribution < -0.4 is 10.1 Å². The third-order valence-electron chi connectivity index (χ3n) is 2.89. The van der Waals surface area contributed by atoms with Crippen molar-refractivity contribution in [3.8, 4) is 5.75 Å². The predicted molar refractivity (Wildman–Crippen MR) is 73.8 cm³/mol. The molecule has 0 spiro atoms. The number of nitro benzene ring substituents is 1. The van der Waals surface area contributed by atoms with Gasteiger partial charge in [0, 0.05) is 6.07 Å². The SMILES string of the molecule is CCN([N+](=O)[O-])S(=O)(=O)c1cc2c(c([N+](=O)[O-])c1)OCC(=O)N2. The molecule has 13 heteroatoms. The van der Waals surface area contributed by atoms with Crippen LogP contribution in [0.2, 0.25) is 0 Å². The normalized spacial score (nSPS) is 13.5. The molecule has 0 atom stereocenters. The molecule has 0 aliphatic carbocycles. The van der Waals surface area contributed by atoms with Crippen molar-refractivity contribution >= 4 is 27.3 Å². The first kappa shape index (κ1) is 16.4. The van der Waals surface area contributed by atoms with Crippen molar-refractivity contribution in [1.29, 1.82) is 0 Å². The Hall–Kier alpha value is -2.96. The number of anilines is 1. The van der Waals surface area contributed by atoms with Crippen molar-refractivity contribution in [3.05, 3.63) is 32.4 Å².